The zero-order chi connectivity index (χ0) is 20.6. The minimum absolute atomic E-state index is 0.240. The molecule has 1 rings (SSSR count). The topological polar surface area (TPSA) is 101 Å². The third-order valence-corrected chi connectivity index (χ3v) is 4.60. The summed E-state index contributed by atoms with van der Waals surface area (Å²) in [5.74, 6) is -2.69. The Morgan fingerprint density at radius 3 is 2.48 bits per heavy atom. The van der Waals surface area contributed by atoms with Crippen molar-refractivity contribution >= 4 is 23.6 Å². The first-order valence-corrected chi connectivity index (χ1v) is 9.47. The summed E-state index contributed by atoms with van der Waals surface area (Å²) in [5.41, 5.74) is -1.22. The summed E-state index contributed by atoms with van der Waals surface area (Å²) in [6.45, 7) is 7.22. The quantitative estimate of drug-likeness (QED) is 0.374. The Hall–Kier alpha value is -2.18. The number of hydrogen-bond donors (Lipinski definition) is 1. The van der Waals surface area contributed by atoms with Crippen molar-refractivity contribution in [2.45, 2.75) is 65.8 Å². The van der Waals surface area contributed by atoms with Crippen LogP contribution in [0.5, 0.6) is 0 Å². The molecule has 1 amide bonds. The summed E-state index contributed by atoms with van der Waals surface area (Å²) in [7, 11) is 0. The van der Waals surface area contributed by atoms with E-state index in [9.17, 15) is 24.3 Å². The number of rotatable bonds is 9. The highest BCUT2D eigenvalue weighted by Crippen LogP contribution is 2.23. The van der Waals surface area contributed by atoms with Gasteiger partial charge in [-0.25, -0.2) is 9.59 Å². The largest absolute Gasteiger partial charge is 0.480 e. The van der Waals surface area contributed by atoms with Crippen molar-refractivity contribution < 1.29 is 29.0 Å². The molecular formula is C20H31NO6. The summed E-state index contributed by atoms with van der Waals surface area (Å²) in [6, 6.07) is -0.975. The number of hydrogen-bond acceptors (Lipinski definition) is 5. The minimum Gasteiger partial charge on any atom is -0.480 e. The molecule has 0 radical (unpaired) electrons. The molecule has 0 aliphatic carbocycles. The van der Waals surface area contributed by atoms with E-state index in [0.717, 1.165) is 17.7 Å². The van der Waals surface area contributed by atoms with Gasteiger partial charge >= 0.3 is 11.9 Å². The second kappa shape index (κ2) is 10.2. The van der Waals surface area contributed by atoms with Crippen LogP contribution in [0.1, 0.15) is 59.8 Å². The second-order valence-electron chi connectivity index (χ2n) is 8.04. The van der Waals surface area contributed by atoms with Crippen molar-refractivity contribution in [2.75, 3.05) is 13.2 Å². The highest BCUT2D eigenvalue weighted by atomic mass is 16.5. The molecule has 1 fully saturated rings. The number of likely N-dealkylation sites (tertiary alicyclic amines) is 1. The zero-order valence-corrected chi connectivity index (χ0v) is 16.7. The summed E-state index contributed by atoms with van der Waals surface area (Å²) in [4.78, 5) is 49.4. The van der Waals surface area contributed by atoms with E-state index in [4.69, 9.17) is 4.74 Å². The molecular weight excluding hydrogens is 350 g/mol. The predicted molar refractivity (Wildman–Crippen MR) is 99.9 cm³/mol. The molecule has 0 saturated carbocycles. The van der Waals surface area contributed by atoms with Crippen LogP contribution in [0, 0.1) is 11.3 Å². The van der Waals surface area contributed by atoms with Gasteiger partial charge in [0.1, 0.15) is 12.6 Å². The number of piperidine rings is 1. The predicted octanol–water partition coefficient (Wildman–Crippen LogP) is 2.58. The molecule has 1 aliphatic heterocycles. The fraction of sp³-hybridized carbons (Fsp3) is 0.700. The molecule has 152 valence electrons. The van der Waals surface area contributed by atoms with Gasteiger partial charge in [0.2, 0.25) is 5.78 Å². The Morgan fingerprint density at radius 2 is 1.89 bits per heavy atom. The molecule has 0 aromatic carbocycles. The van der Waals surface area contributed by atoms with Crippen LogP contribution in [-0.4, -0.2) is 52.8 Å². The van der Waals surface area contributed by atoms with E-state index in [1.54, 1.807) is 6.08 Å². The average Bonchev–Trinajstić information content (AvgIpc) is 2.62. The number of carboxylic acids is 1. The third kappa shape index (κ3) is 7.15. The monoisotopic (exact) mass is 381 g/mol. The summed E-state index contributed by atoms with van der Waals surface area (Å²) in [5, 5.41) is 9.27. The van der Waals surface area contributed by atoms with Gasteiger partial charge in [-0.05, 0) is 51.9 Å². The van der Waals surface area contributed by atoms with Crippen molar-refractivity contribution in [1.29, 1.82) is 0 Å². The number of aliphatic carboxylic acids is 1. The zero-order valence-electron chi connectivity index (χ0n) is 16.7. The number of ketones is 1. The van der Waals surface area contributed by atoms with Crippen molar-refractivity contribution in [2.24, 2.45) is 11.3 Å². The van der Waals surface area contributed by atoms with Gasteiger partial charge in [0.25, 0.3) is 5.91 Å². The fourth-order valence-corrected chi connectivity index (χ4v) is 2.83. The van der Waals surface area contributed by atoms with Crippen molar-refractivity contribution in [3.8, 4) is 0 Å². The number of carboxylic acid groups (broad SMARTS) is 1. The van der Waals surface area contributed by atoms with Gasteiger partial charge in [0.15, 0.2) is 0 Å². The molecule has 7 heteroatoms. The van der Waals surface area contributed by atoms with Gasteiger partial charge in [-0.3, -0.25) is 9.59 Å². The first-order chi connectivity index (χ1) is 12.6. The van der Waals surface area contributed by atoms with Crippen LogP contribution < -0.4 is 0 Å². The maximum atomic E-state index is 12.6. The minimum atomic E-state index is -1.22. The molecule has 0 bridgehead atoms. The van der Waals surface area contributed by atoms with E-state index < -0.39 is 35.1 Å². The van der Waals surface area contributed by atoms with Gasteiger partial charge in [-0.15, -0.1) is 0 Å². The van der Waals surface area contributed by atoms with E-state index in [0.29, 0.717) is 25.2 Å². The van der Waals surface area contributed by atoms with Crippen LogP contribution in [0.2, 0.25) is 0 Å². The van der Waals surface area contributed by atoms with Crippen LogP contribution in [0.4, 0.5) is 0 Å². The lowest BCUT2D eigenvalue weighted by atomic mass is 9.87. The lowest BCUT2D eigenvalue weighted by Gasteiger charge is -2.34. The maximum absolute atomic E-state index is 12.6. The number of allylic oxidation sites excluding steroid dienone is 1. The standard InChI is InChI=1S/C20H31NO6/c1-14(2)9-5-6-11-16(22)27-13-20(3,4)17(23)18(24)21-12-8-7-10-15(21)19(25)26/h6,11,14-15H,5,7-10,12-13H2,1-4H3,(H,25,26)/b11-6-/t15-/m1/s1. The molecule has 0 spiro atoms. The van der Waals surface area contributed by atoms with Crippen molar-refractivity contribution in [3.05, 3.63) is 12.2 Å². The Bertz CT molecular complexity index is 593. The number of carbonyl (C=O) groups excluding carboxylic acids is 3. The molecule has 1 aliphatic rings. The number of ether oxygens (including phenoxy) is 1. The normalized spacial score (nSPS) is 18.0. The third-order valence-electron chi connectivity index (χ3n) is 4.60. The first-order valence-electron chi connectivity index (χ1n) is 9.47. The Labute approximate surface area is 160 Å². The SMILES string of the molecule is CC(C)CC/C=C\C(=O)OCC(C)(C)C(=O)C(=O)N1CCCC[C@@H]1C(=O)O. The molecule has 1 heterocycles. The Morgan fingerprint density at radius 1 is 1.22 bits per heavy atom. The lowest BCUT2D eigenvalue weighted by Crippen LogP contribution is -2.53. The molecule has 0 aromatic heterocycles. The van der Waals surface area contributed by atoms with Gasteiger partial charge in [0.05, 0.1) is 5.41 Å². The van der Waals surface area contributed by atoms with E-state index in [2.05, 4.69) is 13.8 Å². The molecule has 1 atom stereocenters. The smallest absolute Gasteiger partial charge is 0.330 e. The van der Waals surface area contributed by atoms with Crippen LogP contribution in [0.15, 0.2) is 12.2 Å². The summed E-state index contributed by atoms with van der Waals surface area (Å²) < 4.78 is 5.11. The summed E-state index contributed by atoms with van der Waals surface area (Å²) in [6.07, 6.45) is 6.49. The first kappa shape index (κ1) is 22.9. The molecule has 7 nitrogen and oxygen atoms in total. The molecule has 0 unspecified atom stereocenters. The highest BCUT2D eigenvalue weighted by molar-refractivity contribution is 6.38. The number of Topliss-reactive ketones (excluding diaryl/α,β-unsaturated/α-hetero) is 1. The number of carbonyl (C=O) groups is 4. The van der Waals surface area contributed by atoms with Crippen molar-refractivity contribution in [3.63, 3.8) is 0 Å². The van der Waals surface area contributed by atoms with Gasteiger partial charge in [0, 0.05) is 12.6 Å². The summed E-state index contributed by atoms with van der Waals surface area (Å²) >= 11 is 0. The van der Waals surface area contributed by atoms with Crippen LogP contribution in [0.25, 0.3) is 0 Å². The van der Waals surface area contributed by atoms with Crippen molar-refractivity contribution in [1.82, 2.24) is 4.90 Å². The highest BCUT2D eigenvalue weighted by Gasteiger charge is 2.41. The van der Waals surface area contributed by atoms with E-state index in [1.165, 1.54) is 19.9 Å². The molecule has 0 aromatic rings. The van der Waals surface area contributed by atoms with Crippen LogP contribution >= 0.6 is 0 Å². The van der Waals surface area contributed by atoms with Gasteiger partial charge < -0.3 is 14.7 Å². The number of amides is 1. The molecule has 1 saturated heterocycles. The van der Waals surface area contributed by atoms with Crippen LogP contribution in [0.3, 0.4) is 0 Å². The Balaban J connectivity index is 2.62. The van der Waals surface area contributed by atoms with E-state index >= 15 is 0 Å². The van der Waals surface area contributed by atoms with Crippen LogP contribution in [-0.2, 0) is 23.9 Å². The molecule has 1 N–H and O–H groups in total. The van der Waals surface area contributed by atoms with Gasteiger partial charge in [-0.2, -0.15) is 0 Å². The van der Waals surface area contributed by atoms with Gasteiger partial charge in [-0.1, -0.05) is 19.9 Å². The second-order valence-corrected chi connectivity index (χ2v) is 8.04. The lowest BCUT2D eigenvalue weighted by molar-refractivity contribution is -0.159. The molecule has 27 heavy (non-hydrogen) atoms. The van der Waals surface area contributed by atoms with E-state index in [-0.39, 0.29) is 13.2 Å². The number of esters is 1. The fourth-order valence-electron chi connectivity index (χ4n) is 2.83. The Kier molecular flexibility index (Phi) is 8.66. The number of nitrogens with zero attached hydrogens (tertiary/aromatic N) is 1. The maximum Gasteiger partial charge on any atom is 0.330 e. The average molecular weight is 381 g/mol. The van der Waals surface area contributed by atoms with E-state index in [1.807, 2.05) is 0 Å².